The summed E-state index contributed by atoms with van der Waals surface area (Å²) in [5.41, 5.74) is 6.12. The molecule has 0 atom stereocenters. The molecule has 1 aliphatic rings. The maximum absolute atomic E-state index is 12.8. The van der Waals surface area contributed by atoms with Crippen molar-refractivity contribution in [2.24, 2.45) is 0 Å². The van der Waals surface area contributed by atoms with E-state index >= 15 is 0 Å². The number of aryl methyl sites for hydroxylation is 2. The van der Waals surface area contributed by atoms with Gasteiger partial charge < -0.3 is 9.88 Å². The van der Waals surface area contributed by atoms with Crippen LogP contribution in [0.5, 0.6) is 0 Å². The minimum atomic E-state index is 0.0205. The summed E-state index contributed by atoms with van der Waals surface area (Å²) in [6.07, 6.45) is 2.48. The Balaban J connectivity index is 1.66. The highest BCUT2D eigenvalue weighted by Gasteiger charge is 2.23. The SMILES string of the molecule is Cc1nc2ccc(C(=O)N3CCc4nc[nH]c4C3)cc2nc1C. The van der Waals surface area contributed by atoms with Crippen LogP contribution in [0.15, 0.2) is 24.5 Å². The number of imidazole rings is 1. The summed E-state index contributed by atoms with van der Waals surface area (Å²) >= 11 is 0. The number of fused-ring (bicyclic) bond motifs is 2. The number of carbonyl (C=O) groups excluding carboxylic acids is 1. The lowest BCUT2D eigenvalue weighted by Gasteiger charge is -2.26. The van der Waals surface area contributed by atoms with Crippen LogP contribution >= 0.6 is 0 Å². The highest BCUT2D eigenvalue weighted by molar-refractivity contribution is 5.97. The Morgan fingerprint density at radius 1 is 1.17 bits per heavy atom. The van der Waals surface area contributed by atoms with Crippen molar-refractivity contribution in [3.8, 4) is 0 Å². The first-order valence-electron chi connectivity index (χ1n) is 7.67. The van der Waals surface area contributed by atoms with Gasteiger partial charge in [0.15, 0.2) is 0 Å². The molecule has 4 rings (SSSR count). The summed E-state index contributed by atoms with van der Waals surface area (Å²) in [6.45, 7) is 5.13. The van der Waals surface area contributed by atoms with Crippen LogP contribution in [-0.2, 0) is 13.0 Å². The number of aromatic nitrogens is 4. The lowest BCUT2D eigenvalue weighted by atomic mass is 10.1. The van der Waals surface area contributed by atoms with Crippen molar-refractivity contribution in [3.05, 3.63) is 52.9 Å². The second kappa shape index (κ2) is 5.15. The van der Waals surface area contributed by atoms with E-state index in [2.05, 4.69) is 19.9 Å². The third-order valence-corrected chi connectivity index (χ3v) is 4.38. The molecule has 2 aromatic heterocycles. The number of aromatic amines is 1. The van der Waals surface area contributed by atoms with E-state index in [1.165, 1.54) is 0 Å². The smallest absolute Gasteiger partial charge is 0.254 e. The molecule has 116 valence electrons. The van der Waals surface area contributed by atoms with Crippen molar-refractivity contribution in [2.45, 2.75) is 26.8 Å². The maximum atomic E-state index is 12.8. The average molecular weight is 307 g/mol. The highest BCUT2D eigenvalue weighted by Crippen LogP contribution is 2.20. The van der Waals surface area contributed by atoms with E-state index < -0.39 is 0 Å². The van der Waals surface area contributed by atoms with Crippen LogP contribution in [0.4, 0.5) is 0 Å². The van der Waals surface area contributed by atoms with E-state index in [1.807, 2.05) is 36.9 Å². The Hall–Kier alpha value is -2.76. The molecular weight excluding hydrogens is 290 g/mol. The second-order valence-corrected chi connectivity index (χ2v) is 5.90. The fourth-order valence-corrected chi connectivity index (χ4v) is 2.93. The Morgan fingerprint density at radius 2 is 1.96 bits per heavy atom. The van der Waals surface area contributed by atoms with Crippen LogP contribution in [0.2, 0.25) is 0 Å². The zero-order valence-corrected chi connectivity index (χ0v) is 13.1. The van der Waals surface area contributed by atoms with E-state index in [1.54, 1.807) is 6.33 Å². The number of nitrogens with one attached hydrogen (secondary N) is 1. The largest absolute Gasteiger partial charge is 0.347 e. The molecule has 0 radical (unpaired) electrons. The van der Waals surface area contributed by atoms with Gasteiger partial charge in [-0.15, -0.1) is 0 Å². The quantitative estimate of drug-likeness (QED) is 0.747. The Bertz CT molecular complexity index is 914. The van der Waals surface area contributed by atoms with Crippen LogP contribution in [0, 0.1) is 13.8 Å². The molecule has 3 aromatic rings. The summed E-state index contributed by atoms with van der Waals surface area (Å²) < 4.78 is 0. The van der Waals surface area contributed by atoms with Gasteiger partial charge in [0.1, 0.15) is 0 Å². The van der Waals surface area contributed by atoms with Gasteiger partial charge in [0.25, 0.3) is 5.91 Å². The van der Waals surface area contributed by atoms with Crippen molar-refractivity contribution in [3.63, 3.8) is 0 Å². The van der Waals surface area contributed by atoms with Crippen molar-refractivity contribution in [1.29, 1.82) is 0 Å². The summed E-state index contributed by atoms with van der Waals surface area (Å²) in [5.74, 6) is 0.0205. The van der Waals surface area contributed by atoms with Gasteiger partial charge in [0, 0.05) is 18.5 Å². The molecule has 0 aliphatic carbocycles. The van der Waals surface area contributed by atoms with Crippen molar-refractivity contribution in [2.75, 3.05) is 6.54 Å². The predicted octanol–water partition coefficient (Wildman–Crippen LogP) is 2.17. The molecule has 6 nitrogen and oxygen atoms in total. The van der Waals surface area contributed by atoms with E-state index in [4.69, 9.17) is 0 Å². The number of H-pyrrole nitrogens is 1. The molecule has 1 aliphatic heterocycles. The van der Waals surface area contributed by atoms with Crippen molar-refractivity contribution >= 4 is 16.9 Å². The van der Waals surface area contributed by atoms with Crippen LogP contribution < -0.4 is 0 Å². The van der Waals surface area contributed by atoms with Gasteiger partial charge in [-0.05, 0) is 32.0 Å². The third-order valence-electron chi connectivity index (χ3n) is 4.38. The van der Waals surface area contributed by atoms with E-state index in [0.717, 1.165) is 40.2 Å². The van der Waals surface area contributed by atoms with Gasteiger partial charge in [0.05, 0.1) is 46.7 Å². The minimum absolute atomic E-state index is 0.0205. The number of hydrogen-bond acceptors (Lipinski definition) is 4. The lowest BCUT2D eigenvalue weighted by molar-refractivity contribution is 0.0732. The Labute approximate surface area is 133 Å². The first-order chi connectivity index (χ1) is 11.1. The van der Waals surface area contributed by atoms with Gasteiger partial charge in [0.2, 0.25) is 0 Å². The zero-order valence-electron chi connectivity index (χ0n) is 13.1. The molecule has 0 unspecified atom stereocenters. The molecule has 1 amide bonds. The molecule has 1 aromatic carbocycles. The number of amides is 1. The number of rotatable bonds is 1. The van der Waals surface area contributed by atoms with Gasteiger partial charge >= 0.3 is 0 Å². The summed E-state index contributed by atoms with van der Waals surface area (Å²) in [6, 6.07) is 5.53. The summed E-state index contributed by atoms with van der Waals surface area (Å²) in [4.78, 5) is 31.0. The zero-order chi connectivity index (χ0) is 16.0. The van der Waals surface area contributed by atoms with Crippen LogP contribution in [-0.4, -0.2) is 37.3 Å². The summed E-state index contributed by atoms with van der Waals surface area (Å²) in [5, 5.41) is 0. The summed E-state index contributed by atoms with van der Waals surface area (Å²) in [7, 11) is 0. The third kappa shape index (κ3) is 2.36. The Kier molecular flexibility index (Phi) is 3.11. The predicted molar refractivity (Wildman–Crippen MR) is 86.0 cm³/mol. The molecule has 0 bridgehead atoms. The molecular formula is C17H17N5O. The van der Waals surface area contributed by atoms with E-state index in [0.29, 0.717) is 18.7 Å². The lowest BCUT2D eigenvalue weighted by Crippen LogP contribution is -2.36. The molecule has 0 fully saturated rings. The van der Waals surface area contributed by atoms with Gasteiger partial charge in [-0.3, -0.25) is 4.79 Å². The molecule has 0 saturated heterocycles. The number of hydrogen-bond donors (Lipinski definition) is 1. The van der Waals surface area contributed by atoms with Crippen molar-refractivity contribution < 1.29 is 4.79 Å². The van der Waals surface area contributed by atoms with Gasteiger partial charge in [-0.25, -0.2) is 15.0 Å². The second-order valence-electron chi connectivity index (χ2n) is 5.90. The molecule has 6 heteroatoms. The van der Waals surface area contributed by atoms with E-state index in [9.17, 15) is 4.79 Å². The normalized spacial score (nSPS) is 14.1. The van der Waals surface area contributed by atoms with E-state index in [-0.39, 0.29) is 5.91 Å². The van der Waals surface area contributed by atoms with Gasteiger partial charge in [-0.1, -0.05) is 0 Å². The maximum Gasteiger partial charge on any atom is 0.254 e. The fourth-order valence-electron chi connectivity index (χ4n) is 2.93. The number of nitrogens with zero attached hydrogens (tertiary/aromatic N) is 4. The topological polar surface area (TPSA) is 74.8 Å². The Morgan fingerprint density at radius 3 is 2.78 bits per heavy atom. The minimum Gasteiger partial charge on any atom is -0.347 e. The molecule has 23 heavy (non-hydrogen) atoms. The molecule has 0 spiro atoms. The van der Waals surface area contributed by atoms with Crippen LogP contribution in [0.25, 0.3) is 11.0 Å². The highest BCUT2D eigenvalue weighted by atomic mass is 16.2. The molecule has 1 N–H and O–H groups in total. The first kappa shape index (κ1) is 13.9. The van der Waals surface area contributed by atoms with Crippen LogP contribution in [0.3, 0.4) is 0 Å². The van der Waals surface area contributed by atoms with Gasteiger partial charge in [-0.2, -0.15) is 0 Å². The molecule has 0 saturated carbocycles. The fraction of sp³-hybridized carbons (Fsp3) is 0.294. The van der Waals surface area contributed by atoms with Crippen molar-refractivity contribution in [1.82, 2.24) is 24.8 Å². The van der Waals surface area contributed by atoms with Crippen LogP contribution in [0.1, 0.15) is 33.1 Å². The first-order valence-corrected chi connectivity index (χ1v) is 7.67. The number of carbonyl (C=O) groups is 1. The molecule has 3 heterocycles. The number of benzene rings is 1. The monoisotopic (exact) mass is 307 g/mol. The average Bonchev–Trinajstić information content (AvgIpc) is 3.02. The standard InChI is InChI=1S/C17H17N5O/c1-10-11(2)21-15-7-12(3-4-14(15)20-10)17(23)22-6-5-13-16(8-22)19-9-18-13/h3-4,7,9H,5-6,8H2,1-2H3,(H,18,19).